The second-order valence-electron chi connectivity index (χ2n) is 7.88. The fourth-order valence-corrected chi connectivity index (χ4v) is 4.76. The van der Waals surface area contributed by atoms with Crippen LogP contribution in [0.3, 0.4) is 0 Å². The summed E-state index contributed by atoms with van der Waals surface area (Å²) >= 11 is 0. The second-order valence-corrected chi connectivity index (χ2v) is 7.88. The average molecular weight is 419 g/mol. The van der Waals surface area contributed by atoms with E-state index in [9.17, 15) is 14.4 Å². The van der Waals surface area contributed by atoms with Gasteiger partial charge in [-0.25, -0.2) is 0 Å². The van der Waals surface area contributed by atoms with Crippen LogP contribution >= 0.6 is 0 Å². The number of amides is 1. The number of hydrogen-bond acceptors (Lipinski definition) is 3. The van der Waals surface area contributed by atoms with Gasteiger partial charge in [0.1, 0.15) is 5.57 Å². The molecule has 0 unspecified atom stereocenters. The number of carbonyl (C=O) groups excluding carboxylic acids is 2. The van der Waals surface area contributed by atoms with Crippen LogP contribution in [-0.2, 0) is 4.79 Å². The van der Waals surface area contributed by atoms with Crippen molar-refractivity contribution in [1.29, 1.82) is 0 Å². The van der Waals surface area contributed by atoms with E-state index in [0.29, 0.717) is 22.0 Å². The van der Waals surface area contributed by atoms with Crippen molar-refractivity contribution in [1.82, 2.24) is 10.2 Å². The molecule has 0 atom stereocenters. The Morgan fingerprint density at radius 1 is 0.625 bits per heavy atom. The molecule has 32 heavy (non-hydrogen) atoms. The van der Waals surface area contributed by atoms with Gasteiger partial charge in [0, 0.05) is 18.2 Å². The molecule has 2 aliphatic rings. The summed E-state index contributed by atoms with van der Waals surface area (Å²) in [6, 6.07) is 22.6. The van der Waals surface area contributed by atoms with E-state index in [0.717, 1.165) is 22.3 Å². The largest absolute Gasteiger partial charge is 0.310 e. The van der Waals surface area contributed by atoms with Gasteiger partial charge >= 0.3 is 0 Å². The molecule has 1 amide bonds. The third-order valence-corrected chi connectivity index (χ3v) is 6.22. The number of nitrogens with zero attached hydrogens (tertiary/aromatic N) is 1. The van der Waals surface area contributed by atoms with E-state index in [4.69, 9.17) is 0 Å². The molecule has 0 spiro atoms. The van der Waals surface area contributed by atoms with Gasteiger partial charge in [-0.3, -0.25) is 24.6 Å². The molecule has 4 aromatic rings. The Labute approximate surface area is 182 Å². The molecule has 2 heterocycles. The monoisotopic (exact) mass is 419 g/mol. The molecule has 0 saturated heterocycles. The lowest BCUT2D eigenvalue weighted by Crippen LogP contribution is -2.45. The minimum Gasteiger partial charge on any atom is -0.310 e. The number of anilines is 1. The van der Waals surface area contributed by atoms with Gasteiger partial charge in [-0.15, -0.1) is 0 Å². The Morgan fingerprint density at radius 2 is 1.16 bits per heavy atom. The summed E-state index contributed by atoms with van der Waals surface area (Å²) in [7, 11) is 1.63. The van der Waals surface area contributed by atoms with Crippen LogP contribution in [-0.4, -0.2) is 28.9 Å². The number of fused-ring (bicyclic) bond motifs is 4. The highest BCUT2D eigenvalue weighted by Crippen LogP contribution is 2.42. The maximum absolute atomic E-state index is 13.4. The van der Waals surface area contributed by atoms with Gasteiger partial charge in [0.15, 0.2) is 0 Å². The lowest BCUT2D eigenvalue weighted by atomic mass is 9.94. The molecule has 154 valence electrons. The molecular weight excluding hydrogens is 402 g/mol. The number of aromatic nitrogens is 2. The summed E-state index contributed by atoms with van der Waals surface area (Å²) in [6.07, 6.45) is 0. The first-order chi connectivity index (χ1) is 15.6. The van der Waals surface area contributed by atoms with Gasteiger partial charge in [-0.2, -0.15) is 0 Å². The van der Waals surface area contributed by atoms with E-state index in [-0.39, 0.29) is 16.5 Å². The summed E-state index contributed by atoms with van der Waals surface area (Å²) in [4.78, 5) is 41.2. The molecule has 0 bridgehead atoms. The topological polar surface area (TPSA) is 86.0 Å². The van der Waals surface area contributed by atoms with Gasteiger partial charge < -0.3 is 4.90 Å². The molecule has 6 nitrogen and oxygen atoms in total. The van der Waals surface area contributed by atoms with Crippen molar-refractivity contribution in [3.05, 3.63) is 110 Å². The lowest BCUT2D eigenvalue weighted by Gasteiger charge is -2.26. The number of nitrogens with one attached hydrogen (secondary N) is 2. The van der Waals surface area contributed by atoms with Crippen molar-refractivity contribution in [3.63, 3.8) is 0 Å². The van der Waals surface area contributed by atoms with Gasteiger partial charge in [0.25, 0.3) is 11.5 Å². The Hall–Kier alpha value is -4.45. The van der Waals surface area contributed by atoms with Crippen LogP contribution in [0.2, 0.25) is 0 Å². The quantitative estimate of drug-likeness (QED) is 0.402. The standard InChI is InChI=1S/C26H17N3O3/c1-29-19-13-7-6-12-18(19)24(30)22(26(29)32)23-21(25(31)28-27-23)20-16-10-4-2-8-14(16)15-9-3-5-11-17(15)20/h2-13,27H,1H3,(H,28,31)/b23-22+. The fraction of sp³-hybridized carbons (Fsp3) is 0.0385. The molecule has 0 saturated carbocycles. The van der Waals surface area contributed by atoms with Crippen LogP contribution in [0.4, 0.5) is 5.69 Å². The fourth-order valence-electron chi connectivity index (χ4n) is 4.76. The highest BCUT2D eigenvalue weighted by molar-refractivity contribution is 6.51. The van der Waals surface area contributed by atoms with E-state index in [1.807, 2.05) is 48.5 Å². The molecule has 0 fully saturated rings. The van der Waals surface area contributed by atoms with Crippen molar-refractivity contribution in [2.45, 2.75) is 0 Å². The average Bonchev–Trinajstić information content (AvgIpc) is 3.35. The van der Waals surface area contributed by atoms with Crippen molar-refractivity contribution in [2.24, 2.45) is 0 Å². The van der Waals surface area contributed by atoms with Gasteiger partial charge in [-0.05, 0) is 34.4 Å². The molecule has 1 aliphatic carbocycles. The number of benzene rings is 3. The number of ketones is 1. The zero-order valence-corrected chi connectivity index (χ0v) is 17.1. The zero-order chi connectivity index (χ0) is 22.0. The van der Waals surface area contributed by atoms with Crippen molar-refractivity contribution in [3.8, 4) is 11.1 Å². The van der Waals surface area contributed by atoms with Crippen LogP contribution in [0.15, 0.2) is 77.6 Å². The Kier molecular flexibility index (Phi) is 3.74. The Balaban J connectivity index is 1.81. The SMILES string of the molecule is CN1C(=O)/C(=c2/[nH][nH]c(=O)c2=C2c3ccccc3-c3ccccc32)C(=O)c2ccccc21. The number of carbonyl (C=O) groups is 2. The third kappa shape index (κ3) is 2.32. The van der Waals surface area contributed by atoms with E-state index in [1.165, 1.54) is 4.90 Å². The Morgan fingerprint density at radius 3 is 1.78 bits per heavy atom. The zero-order valence-electron chi connectivity index (χ0n) is 17.1. The van der Waals surface area contributed by atoms with Crippen LogP contribution < -0.4 is 21.0 Å². The predicted octanol–water partition coefficient (Wildman–Crippen LogP) is 1.94. The van der Waals surface area contributed by atoms with Crippen LogP contribution in [0.1, 0.15) is 21.5 Å². The predicted molar refractivity (Wildman–Crippen MR) is 122 cm³/mol. The molecule has 1 aliphatic heterocycles. The highest BCUT2D eigenvalue weighted by Gasteiger charge is 2.34. The van der Waals surface area contributed by atoms with Crippen LogP contribution in [0.25, 0.3) is 22.3 Å². The van der Waals surface area contributed by atoms with Gasteiger partial charge in [0.05, 0.1) is 16.3 Å². The van der Waals surface area contributed by atoms with Gasteiger partial charge in [-0.1, -0.05) is 60.7 Å². The van der Waals surface area contributed by atoms with E-state index in [1.54, 1.807) is 31.3 Å². The maximum atomic E-state index is 13.4. The first kappa shape index (κ1) is 18.3. The second kappa shape index (κ2) is 6.52. The summed E-state index contributed by atoms with van der Waals surface area (Å²) in [5.41, 5.74) is 5.07. The molecule has 6 heteroatoms. The van der Waals surface area contributed by atoms with Gasteiger partial charge in [0.2, 0.25) is 5.78 Å². The number of H-pyrrole nitrogens is 2. The van der Waals surface area contributed by atoms with Crippen molar-refractivity contribution < 1.29 is 9.59 Å². The molecule has 1 aromatic heterocycles. The normalized spacial score (nSPS) is 16.2. The first-order valence-corrected chi connectivity index (χ1v) is 10.2. The Bertz CT molecular complexity index is 1610. The van der Waals surface area contributed by atoms with E-state index >= 15 is 0 Å². The van der Waals surface area contributed by atoms with Crippen molar-refractivity contribution >= 4 is 28.5 Å². The lowest BCUT2D eigenvalue weighted by molar-refractivity contribution is -0.113. The van der Waals surface area contributed by atoms with Crippen LogP contribution in [0.5, 0.6) is 0 Å². The number of aromatic amines is 2. The number of hydrogen-bond donors (Lipinski definition) is 2. The summed E-state index contributed by atoms with van der Waals surface area (Å²) < 4.78 is 0. The van der Waals surface area contributed by atoms with Crippen molar-refractivity contribution in [2.75, 3.05) is 11.9 Å². The summed E-state index contributed by atoms with van der Waals surface area (Å²) in [5, 5.41) is 5.95. The first-order valence-electron chi connectivity index (χ1n) is 10.2. The highest BCUT2D eigenvalue weighted by atomic mass is 16.2. The number of para-hydroxylation sites is 1. The van der Waals surface area contributed by atoms with E-state index < -0.39 is 11.7 Å². The molecule has 2 N–H and O–H groups in total. The van der Waals surface area contributed by atoms with E-state index in [2.05, 4.69) is 10.2 Å². The smallest absolute Gasteiger partial charge is 0.272 e. The number of Topliss-reactive ketones (excluding diaryl/α,β-unsaturated/α-hetero) is 1. The molecule has 0 radical (unpaired) electrons. The number of rotatable bonds is 0. The third-order valence-electron chi connectivity index (χ3n) is 6.22. The minimum atomic E-state index is -0.453. The maximum Gasteiger partial charge on any atom is 0.272 e. The summed E-state index contributed by atoms with van der Waals surface area (Å²) in [5.74, 6) is -0.856. The molecular formula is C26H17N3O3. The minimum absolute atomic E-state index is 0.0473. The molecule has 6 rings (SSSR count). The summed E-state index contributed by atoms with van der Waals surface area (Å²) in [6.45, 7) is 0. The van der Waals surface area contributed by atoms with Crippen LogP contribution in [0, 0.1) is 0 Å². The molecule has 3 aromatic carbocycles.